The molecule has 1 atom stereocenters. The van der Waals surface area contributed by atoms with Crippen molar-refractivity contribution in [1.29, 1.82) is 0 Å². The molecule has 2 aliphatic rings. The maximum atomic E-state index is 13.8. The van der Waals surface area contributed by atoms with Crippen LogP contribution in [0, 0.1) is 5.82 Å². The Morgan fingerprint density at radius 1 is 1.25 bits per heavy atom. The van der Waals surface area contributed by atoms with Gasteiger partial charge in [-0.25, -0.2) is 4.39 Å². The molecule has 2 fully saturated rings. The molecule has 0 bridgehead atoms. The highest BCUT2D eigenvalue weighted by Gasteiger charge is 2.40. The van der Waals surface area contributed by atoms with Gasteiger partial charge in [-0.3, -0.25) is 0 Å². The molecular weight excluding hydrogens is 261 g/mol. The van der Waals surface area contributed by atoms with Crippen LogP contribution in [0.5, 0.6) is 5.75 Å². The second-order valence-corrected chi connectivity index (χ2v) is 5.53. The van der Waals surface area contributed by atoms with Crippen molar-refractivity contribution in [1.82, 2.24) is 0 Å². The number of rotatable bonds is 2. The summed E-state index contributed by atoms with van der Waals surface area (Å²) in [5.41, 5.74) is 5.97. The van der Waals surface area contributed by atoms with Crippen LogP contribution < -0.4 is 10.5 Å². The van der Waals surface area contributed by atoms with Gasteiger partial charge in [0, 0.05) is 26.1 Å². The van der Waals surface area contributed by atoms with Crippen molar-refractivity contribution in [3.8, 4) is 5.75 Å². The summed E-state index contributed by atoms with van der Waals surface area (Å²) in [6.45, 7) is 2.07. The van der Waals surface area contributed by atoms with E-state index in [2.05, 4.69) is 0 Å². The average Bonchev–Trinajstić information content (AvgIpc) is 2.44. The summed E-state index contributed by atoms with van der Waals surface area (Å²) in [6.07, 6.45) is 3.22. The van der Waals surface area contributed by atoms with Gasteiger partial charge in [0.25, 0.3) is 0 Å². The molecule has 1 spiro atoms. The Morgan fingerprint density at radius 2 is 2.05 bits per heavy atom. The minimum Gasteiger partial charge on any atom is -0.485 e. The largest absolute Gasteiger partial charge is 0.485 e. The number of ether oxygens (including phenoxy) is 3. The van der Waals surface area contributed by atoms with Gasteiger partial charge in [0.1, 0.15) is 6.10 Å². The number of benzene rings is 1. The number of hydrogen-bond acceptors (Lipinski definition) is 4. The lowest BCUT2D eigenvalue weighted by molar-refractivity contribution is -0.155. The predicted octanol–water partition coefficient (Wildman–Crippen LogP) is 2.51. The van der Waals surface area contributed by atoms with Crippen LogP contribution in [-0.2, 0) is 9.47 Å². The second-order valence-electron chi connectivity index (χ2n) is 5.53. The van der Waals surface area contributed by atoms with Crippen LogP contribution in [0.2, 0.25) is 0 Å². The number of nitrogen functional groups attached to an aromatic ring is 1. The molecule has 4 nitrogen and oxygen atoms in total. The van der Waals surface area contributed by atoms with Crippen molar-refractivity contribution in [3.63, 3.8) is 0 Å². The van der Waals surface area contributed by atoms with Gasteiger partial charge in [-0.05, 0) is 25.0 Å². The van der Waals surface area contributed by atoms with E-state index in [1.54, 1.807) is 12.1 Å². The van der Waals surface area contributed by atoms with E-state index in [9.17, 15) is 4.39 Å². The van der Waals surface area contributed by atoms with E-state index in [0.717, 1.165) is 25.7 Å². The molecule has 1 unspecified atom stereocenters. The molecule has 2 aliphatic heterocycles. The lowest BCUT2D eigenvalue weighted by atomic mass is 9.85. The Morgan fingerprint density at radius 3 is 2.80 bits per heavy atom. The van der Waals surface area contributed by atoms with E-state index in [1.807, 2.05) is 0 Å². The second kappa shape index (κ2) is 5.58. The van der Waals surface area contributed by atoms with Crippen LogP contribution in [-0.4, -0.2) is 31.5 Å². The van der Waals surface area contributed by atoms with E-state index in [0.29, 0.717) is 25.5 Å². The van der Waals surface area contributed by atoms with E-state index >= 15 is 0 Å². The van der Waals surface area contributed by atoms with Crippen LogP contribution in [0.3, 0.4) is 0 Å². The highest BCUT2D eigenvalue weighted by atomic mass is 19.1. The zero-order chi connectivity index (χ0) is 14.0. The summed E-state index contributed by atoms with van der Waals surface area (Å²) in [4.78, 5) is 0. The normalized spacial score (nSPS) is 25.6. The summed E-state index contributed by atoms with van der Waals surface area (Å²) in [5, 5.41) is 0. The minimum absolute atomic E-state index is 0.0546. The summed E-state index contributed by atoms with van der Waals surface area (Å²) in [6, 6.07) is 4.61. The molecule has 2 N–H and O–H groups in total. The van der Waals surface area contributed by atoms with Crippen molar-refractivity contribution < 1.29 is 18.6 Å². The molecule has 0 saturated carbocycles. The van der Waals surface area contributed by atoms with Crippen LogP contribution in [0.1, 0.15) is 25.7 Å². The van der Waals surface area contributed by atoms with Crippen molar-refractivity contribution in [2.75, 3.05) is 25.6 Å². The summed E-state index contributed by atoms with van der Waals surface area (Å²) in [5.74, 6) is -0.237. The molecule has 0 aliphatic carbocycles. The van der Waals surface area contributed by atoms with Gasteiger partial charge in [0.15, 0.2) is 11.6 Å². The maximum absolute atomic E-state index is 13.8. The predicted molar refractivity (Wildman–Crippen MR) is 73.2 cm³/mol. The maximum Gasteiger partial charge on any atom is 0.178 e. The molecule has 0 aromatic heterocycles. The molecule has 2 saturated heterocycles. The Kier molecular flexibility index (Phi) is 3.81. The SMILES string of the molecule is Nc1cccc(F)c1OC1CCOC2(CCOCC2)C1. The highest BCUT2D eigenvalue weighted by molar-refractivity contribution is 5.52. The Hall–Kier alpha value is -1.33. The van der Waals surface area contributed by atoms with Gasteiger partial charge in [-0.2, -0.15) is 0 Å². The fourth-order valence-electron chi connectivity index (χ4n) is 2.99. The standard InChI is InChI=1S/C15H20FNO3/c16-12-2-1-3-13(17)14(12)20-11-4-7-19-15(10-11)5-8-18-9-6-15/h1-3,11H,4-10,17H2. The van der Waals surface area contributed by atoms with E-state index < -0.39 is 5.82 Å². The monoisotopic (exact) mass is 281 g/mol. The smallest absolute Gasteiger partial charge is 0.178 e. The van der Waals surface area contributed by atoms with Gasteiger partial charge < -0.3 is 19.9 Å². The summed E-state index contributed by atoms with van der Waals surface area (Å²) < 4.78 is 30.9. The summed E-state index contributed by atoms with van der Waals surface area (Å²) >= 11 is 0. The van der Waals surface area contributed by atoms with Gasteiger partial charge in [-0.1, -0.05) is 6.07 Å². The molecule has 2 heterocycles. The third-order valence-corrected chi connectivity index (χ3v) is 4.13. The van der Waals surface area contributed by atoms with Gasteiger partial charge >= 0.3 is 0 Å². The number of halogens is 1. The van der Waals surface area contributed by atoms with Crippen molar-refractivity contribution in [2.45, 2.75) is 37.4 Å². The molecule has 20 heavy (non-hydrogen) atoms. The first kappa shape index (κ1) is 13.6. The molecule has 1 aromatic carbocycles. The topological polar surface area (TPSA) is 53.7 Å². The quantitative estimate of drug-likeness (QED) is 0.846. The third kappa shape index (κ3) is 2.74. The molecule has 0 amide bonds. The molecular formula is C15H20FNO3. The number of anilines is 1. The Bertz CT molecular complexity index is 448. The minimum atomic E-state index is -0.405. The first-order chi connectivity index (χ1) is 9.69. The molecule has 1 aromatic rings. The summed E-state index contributed by atoms with van der Waals surface area (Å²) in [7, 11) is 0. The molecule has 5 heteroatoms. The van der Waals surface area contributed by atoms with Crippen LogP contribution >= 0.6 is 0 Å². The number of para-hydroxylation sites is 1. The third-order valence-electron chi connectivity index (χ3n) is 4.13. The average molecular weight is 281 g/mol. The first-order valence-electron chi connectivity index (χ1n) is 7.11. The molecule has 3 rings (SSSR count). The lowest BCUT2D eigenvalue weighted by Crippen LogP contribution is -2.47. The van der Waals surface area contributed by atoms with E-state index in [4.69, 9.17) is 19.9 Å². The fraction of sp³-hybridized carbons (Fsp3) is 0.600. The van der Waals surface area contributed by atoms with Gasteiger partial charge in [0.05, 0.1) is 17.9 Å². The lowest BCUT2D eigenvalue weighted by Gasteiger charge is -2.43. The Labute approximate surface area is 118 Å². The van der Waals surface area contributed by atoms with Gasteiger partial charge in [0.2, 0.25) is 0 Å². The zero-order valence-electron chi connectivity index (χ0n) is 11.4. The van der Waals surface area contributed by atoms with Crippen LogP contribution in [0.15, 0.2) is 18.2 Å². The van der Waals surface area contributed by atoms with E-state index in [-0.39, 0.29) is 17.5 Å². The molecule has 110 valence electrons. The molecule has 0 radical (unpaired) electrons. The van der Waals surface area contributed by atoms with Crippen molar-refractivity contribution in [2.24, 2.45) is 0 Å². The van der Waals surface area contributed by atoms with Gasteiger partial charge in [-0.15, -0.1) is 0 Å². The Balaban J connectivity index is 1.71. The zero-order valence-corrected chi connectivity index (χ0v) is 11.4. The van der Waals surface area contributed by atoms with Crippen molar-refractivity contribution >= 4 is 5.69 Å². The fourth-order valence-corrected chi connectivity index (χ4v) is 2.99. The first-order valence-corrected chi connectivity index (χ1v) is 7.11. The van der Waals surface area contributed by atoms with Crippen LogP contribution in [0.4, 0.5) is 10.1 Å². The number of nitrogens with two attached hydrogens (primary N) is 1. The number of hydrogen-bond donors (Lipinski definition) is 1. The highest BCUT2D eigenvalue weighted by Crippen LogP contribution is 2.37. The van der Waals surface area contributed by atoms with Crippen LogP contribution in [0.25, 0.3) is 0 Å². The van der Waals surface area contributed by atoms with Crippen molar-refractivity contribution in [3.05, 3.63) is 24.0 Å². The van der Waals surface area contributed by atoms with E-state index in [1.165, 1.54) is 6.07 Å².